The molecular weight excluding hydrogens is 467 g/mol. The summed E-state index contributed by atoms with van der Waals surface area (Å²) in [5.41, 5.74) is 2.57. The number of sulfonamides is 1. The minimum absolute atomic E-state index is 0.0678. The molecule has 2 aliphatic carbocycles. The molecule has 3 aromatic rings. The highest BCUT2D eigenvalue weighted by molar-refractivity contribution is 7.94. The van der Waals surface area contributed by atoms with Crippen LogP contribution in [0.15, 0.2) is 42.5 Å². The molecule has 1 N–H and O–H groups in total. The molecule has 2 saturated carbocycles. The minimum Gasteiger partial charge on any atom is -0.406 e. The number of hydrogen-bond donors (Lipinski definition) is 1. The maximum atomic E-state index is 12.8. The molecule has 0 aliphatic heterocycles. The monoisotopic (exact) mass is 489 g/mol. The molecule has 178 valence electrons. The Bertz CT molecular complexity index is 1410. The second-order valence-corrected chi connectivity index (χ2v) is 11.0. The fraction of sp³-hybridized carbons (Fsp3) is 0.375. The van der Waals surface area contributed by atoms with Crippen LogP contribution >= 0.6 is 0 Å². The maximum Gasteiger partial charge on any atom is 0.573 e. The Morgan fingerprint density at radius 1 is 1.18 bits per heavy atom. The lowest BCUT2D eigenvalue weighted by molar-refractivity contribution is -0.274. The van der Waals surface area contributed by atoms with Crippen molar-refractivity contribution < 1.29 is 26.3 Å². The highest BCUT2D eigenvalue weighted by Crippen LogP contribution is 2.48. The largest absolute Gasteiger partial charge is 0.573 e. The van der Waals surface area contributed by atoms with E-state index in [1.54, 1.807) is 24.3 Å². The van der Waals surface area contributed by atoms with Crippen LogP contribution in [0.5, 0.6) is 5.75 Å². The van der Waals surface area contributed by atoms with E-state index in [1.807, 2.05) is 11.5 Å². The molecule has 1 aromatic heterocycles. The van der Waals surface area contributed by atoms with Gasteiger partial charge in [-0.2, -0.15) is 5.26 Å². The average molecular weight is 490 g/mol. The van der Waals surface area contributed by atoms with Gasteiger partial charge in [-0.25, -0.2) is 8.42 Å². The Labute approximate surface area is 195 Å². The first-order valence-corrected chi connectivity index (χ1v) is 12.5. The van der Waals surface area contributed by atoms with Gasteiger partial charge in [0.1, 0.15) is 11.8 Å². The molecule has 0 spiro atoms. The summed E-state index contributed by atoms with van der Waals surface area (Å²) < 4.78 is 71.7. The number of halogens is 3. The highest BCUT2D eigenvalue weighted by Gasteiger charge is 2.53. The van der Waals surface area contributed by atoms with E-state index in [2.05, 4.69) is 15.5 Å². The number of aromatic nitrogens is 1. The zero-order valence-corrected chi connectivity index (χ0v) is 19.1. The fourth-order valence-electron chi connectivity index (χ4n) is 4.51. The zero-order valence-electron chi connectivity index (χ0n) is 18.3. The highest BCUT2D eigenvalue weighted by atomic mass is 32.2. The van der Waals surface area contributed by atoms with E-state index >= 15 is 0 Å². The van der Waals surface area contributed by atoms with E-state index in [4.69, 9.17) is 0 Å². The predicted molar refractivity (Wildman–Crippen MR) is 122 cm³/mol. The molecule has 34 heavy (non-hydrogen) atoms. The number of ether oxygens (including phenoxy) is 1. The summed E-state index contributed by atoms with van der Waals surface area (Å²) in [5.74, 6) is -0.342. The molecular formula is C24H22F3N3O3S. The van der Waals surface area contributed by atoms with Gasteiger partial charge in [-0.15, -0.1) is 13.2 Å². The molecule has 1 heterocycles. The van der Waals surface area contributed by atoms with Gasteiger partial charge in [-0.05, 0) is 61.9 Å². The van der Waals surface area contributed by atoms with E-state index < -0.39 is 21.1 Å². The maximum absolute atomic E-state index is 12.8. The van der Waals surface area contributed by atoms with Gasteiger partial charge in [0.15, 0.2) is 0 Å². The first-order chi connectivity index (χ1) is 16.1. The van der Waals surface area contributed by atoms with Gasteiger partial charge >= 0.3 is 6.36 Å². The lowest BCUT2D eigenvalue weighted by Gasteiger charge is -2.16. The van der Waals surface area contributed by atoms with Crippen molar-refractivity contribution in [1.82, 2.24) is 4.57 Å². The minimum atomic E-state index is -4.81. The number of nitrogens with one attached hydrogen (secondary N) is 1. The number of anilines is 1. The summed E-state index contributed by atoms with van der Waals surface area (Å²) in [5, 5.41) is 10.5. The van der Waals surface area contributed by atoms with Gasteiger partial charge in [0.25, 0.3) is 0 Å². The van der Waals surface area contributed by atoms with E-state index in [0.29, 0.717) is 52.7 Å². The van der Waals surface area contributed by atoms with E-state index in [-0.39, 0.29) is 11.8 Å². The van der Waals surface area contributed by atoms with Gasteiger partial charge in [0.2, 0.25) is 10.0 Å². The van der Waals surface area contributed by atoms with Crippen molar-refractivity contribution in [3.05, 3.63) is 48.0 Å². The van der Waals surface area contributed by atoms with Gasteiger partial charge in [0.05, 0.1) is 21.5 Å². The van der Waals surface area contributed by atoms with Crippen LogP contribution in [0, 0.1) is 11.3 Å². The quantitative estimate of drug-likeness (QED) is 0.435. The third-order valence-corrected chi connectivity index (χ3v) is 9.01. The van der Waals surface area contributed by atoms with E-state index in [9.17, 15) is 26.9 Å². The molecule has 0 radical (unpaired) electrons. The number of fused-ring (bicyclic) bond motifs is 1. The Balaban J connectivity index is 1.55. The van der Waals surface area contributed by atoms with Crippen LogP contribution in [0.4, 0.5) is 18.9 Å². The summed E-state index contributed by atoms with van der Waals surface area (Å²) in [6.45, 7) is 1.86. The lowest BCUT2D eigenvalue weighted by Crippen LogP contribution is -2.28. The van der Waals surface area contributed by atoms with Crippen LogP contribution < -0.4 is 9.46 Å². The summed E-state index contributed by atoms with van der Waals surface area (Å²) >= 11 is 0. The standard InChI is InChI=1S/C24H22F3N3O3S/c1-2-23(11-12-23)34(31,32)29-16-5-3-15(4-6-16)22-20(14-28)19-10-9-18(33-24(25,26)27)13-21(19)30(22)17-7-8-17/h3-6,9-10,13,17,29H,2,7-8,11-12H2,1H3. The Kier molecular flexibility index (Phi) is 5.09. The van der Waals surface area contributed by atoms with Gasteiger partial charge in [-0.1, -0.05) is 19.1 Å². The molecule has 10 heteroatoms. The molecule has 2 aromatic carbocycles. The molecule has 2 fully saturated rings. The Morgan fingerprint density at radius 3 is 2.38 bits per heavy atom. The Morgan fingerprint density at radius 2 is 1.85 bits per heavy atom. The normalized spacial score (nSPS) is 17.4. The SMILES string of the molecule is CCC1(S(=O)(=O)Nc2ccc(-c3c(C#N)c4ccc(OC(F)(F)F)cc4n3C3CC3)cc2)CC1. The van der Waals surface area contributed by atoms with Crippen molar-refractivity contribution in [2.24, 2.45) is 0 Å². The Hall–Kier alpha value is -3.19. The summed E-state index contributed by atoms with van der Waals surface area (Å²) in [6, 6.07) is 13.0. The molecule has 0 unspecified atom stereocenters. The second kappa shape index (κ2) is 7.67. The molecule has 5 rings (SSSR count). The molecule has 0 bridgehead atoms. The summed E-state index contributed by atoms with van der Waals surface area (Å²) in [4.78, 5) is 0. The smallest absolute Gasteiger partial charge is 0.406 e. The number of nitrogens with zero attached hydrogens (tertiary/aromatic N) is 2. The average Bonchev–Trinajstić information content (AvgIpc) is 3.69. The first-order valence-electron chi connectivity index (χ1n) is 11.0. The summed E-state index contributed by atoms with van der Waals surface area (Å²) in [6.07, 6.45) is -1.28. The topological polar surface area (TPSA) is 84.1 Å². The van der Waals surface area contributed by atoms with Crippen LogP contribution in [0.25, 0.3) is 22.2 Å². The lowest BCUT2D eigenvalue weighted by atomic mass is 10.1. The molecule has 0 amide bonds. The molecule has 0 saturated heterocycles. The van der Waals surface area contributed by atoms with Crippen molar-refractivity contribution in [2.45, 2.75) is 56.2 Å². The van der Waals surface area contributed by atoms with Crippen LogP contribution in [-0.4, -0.2) is 24.1 Å². The van der Waals surface area contributed by atoms with Crippen LogP contribution in [0.3, 0.4) is 0 Å². The van der Waals surface area contributed by atoms with Crippen molar-refractivity contribution >= 4 is 26.6 Å². The van der Waals surface area contributed by atoms with Crippen molar-refractivity contribution in [2.75, 3.05) is 4.72 Å². The predicted octanol–water partition coefficient (Wildman–Crippen LogP) is 6.10. The van der Waals surface area contributed by atoms with Gasteiger partial charge < -0.3 is 9.30 Å². The van der Waals surface area contributed by atoms with Crippen LogP contribution in [0.2, 0.25) is 0 Å². The number of rotatable bonds is 7. The van der Waals surface area contributed by atoms with Gasteiger partial charge in [-0.3, -0.25) is 4.72 Å². The van der Waals surface area contributed by atoms with Crippen molar-refractivity contribution in [3.63, 3.8) is 0 Å². The number of hydrogen-bond acceptors (Lipinski definition) is 4. The van der Waals surface area contributed by atoms with Crippen LogP contribution in [-0.2, 0) is 10.0 Å². The van der Waals surface area contributed by atoms with Crippen molar-refractivity contribution in [3.8, 4) is 23.1 Å². The number of alkyl halides is 3. The fourth-order valence-corrected chi connectivity index (χ4v) is 6.19. The molecule has 6 nitrogen and oxygen atoms in total. The van der Waals surface area contributed by atoms with E-state index in [0.717, 1.165) is 12.8 Å². The molecule has 0 atom stereocenters. The third-order valence-electron chi connectivity index (χ3n) is 6.67. The van der Waals surface area contributed by atoms with Crippen molar-refractivity contribution in [1.29, 1.82) is 5.26 Å². The number of benzene rings is 2. The zero-order chi connectivity index (χ0) is 24.3. The summed E-state index contributed by atoms with van der Waals surface area (Å²) in [7, 11) is -3.51. The second-order valence-electron chi connectivity index (χ2n) is 8.88. The van der Waals surface area contributed by atoms with Crippen LogP contribution in [0.1, 0.15) is 50.6 Å². The van der Waals surface area contributed by atoms with E-state index in [1.165, 1.54) is 18.2 Å². The number of nitriles is 1. The third kappa shape index (κ3) is 3.88. The molecule has 2 aliphatic rings. The van der Waals surface area contributed by atoms with Gasteiger partial charge in [0, 0.05) is 23.2 Å². The first kappa shape index (κ1) is 22.6.